The molecule has 78 valence electrons. The summed E-state index contributed by atoms with van der Waals surface area (Å²) in [5.41, 5.74) is 5.36. The Hall–Kier alpha value is -0.940. The van der Waals surface area contributed by atoms with Crippen molar-refractivity contribution in [3.05, 3.63) is 16.1 Å². The molecule has 1 aromatic heterocycles. The van der Waals surface area contributed by atoms with Crippen molar-refractivity contribution in [2.75, 3.05) is 6.54 Å². The number of hydrogen-bond donors (Lipinski definition) is 2. The van der Waals surface area contributed by atoms with Gasteiger partial charge in [-0.25, -0.2) is 4.98 Å². The zero-order valence-corrected chi connectivity index (χ0v) is 9.44. The van der Waals surface area contributed by atoms with Crippen LogP contribution in [0.1, 0.15) is 28.5 Å². The van der Waals surface area contributed by atoms with Crippen LogP contribution in [-0.4, -0.2) is 23.0 Å². The summed E-state index contributed by atoms with van der Waals surface area (Å²) in [6.07, 6.45) is 1.58. The van der Waals surface area contributed by atoms with Crippen LogP contribution >= 0.6 is 11.3 Å². The van der Waals surface area contributed by atoms with Crippen molar-refractivity contribution in [1.82, 2.24) is 10.3 Å². The predicted molar refractivity (Wildman–Crippen MR) is 57.5 cm³/mol. The van der Waals surface area contributed by atoms with Crippen molar-refractivity contribution >= 4 is 17.2 Å². The minimum Gasteiger partial charge on any atom is -0.349 e. The first-order valence-corrected chi connectivity index (χ1v) is 5.20. The Labute approximate surface area is 87.5 Å². The number of carbonyl (C=O) groups excluding carboxylic acids is 1. The first-order valence-electron chi connectivity index (χ1n) is 4.38. The van der Waals surface area contributed by atoms with Crippen LogP contribution in [0.3, 0.4) is 0 Å². The third-order valence-corrected chi connectivity index (χ3v) is 2.46. The summed E-state index contributed by atoms with van der Waals surface area (Å²) in [5.74, 6) is -0.103. The maximum absolute atomic E-state index is 11.5. The van der Waals surface area contributed by atoms with Gasteiger partial charge in [0.15, 0.2) is 0 Å². The highest BCUT2D eigenvalue weighted by molar-refractivity contribution is 7.13. The molecule has 3 N–H and O–H groups in total. The third-order valence-electron chi connectivity index (χ3n) is 1.55. The van der Waals surface area contributed by atoms with Crippen LogP contribution in [0.15, 0.2) is 6.20 Å². The Morgan fingerprint density at radius 1 is 1.71 bits per heavy atom. The molecule has 0 aromatic carbocycles. The minimum absolute atomic E-state index is 0.103. The first-order chi connectivity index (χ1) is 6.38. The van der Waals surface area contributed by atoms with Crippen LogP contribution < -0.4 is 11.1 Å². The molecular weight excluding hydrogens is 198 g/mol. The van der Waals surface area contributed by atoms with Gasteiger partial charge in [0.25, 0.3) is 5.91 Å². The summed E-state index contributed by atoms with van der Waals surface area (Å²) in [7, 11) is 0. The maximum atomic E-state index is 11.5. The zero-order valence-electron chi connectivity index (χ0n) is 8.63. The Bertz CT molecular complexity index is 327. The maximum Gasteiger partial charge on any atom is 0.263 e. The molecule has 0 radical (unpaired) electrons. The van der Waals surface area contributed by atoms with Crippen molar-refractivity contribution in [2.24, 2.45) is 5.73 Å². The Morgan fingerprint density at radius 3 is 2.79 bits per heavy atom. The fraction of sp³-hybridized carbons (Fsp3) is 0.556. The molecule has 0 aliphatic heterocycles. The molecule has 1 heterocycles. The van der Waals surface area contributed by atoms with E-state index in [9.17, 15) is 4.79 Å². The van der Waals surface area contributed by atoms with Crippen molar-refractivity contribution in [3.63, 3.8) is 0 Å². The van der Waals surface area contributed by atoms with E-state index in [1.54, 1.807) is 6.20 Å². The molecule has 1 aromatic rings. The van der Waals surface area contributed by atoms with E-state index >= 15 is 0 Å². The quantitative estimate of drug-likeness (QED) is 0.784. The number of nitrogens with zero attached hydrogens (tertiary/aromatic N) is 1. The fourth-order valence-corrected chi connectivity index (χ4v) is 1.56. The molecule has 0 bridgehead atoms. The summed E-state index contributed by atoms with van der Waals surface area (Å²) < 4.78 is 0. The number of carbonyl (C=O) groups is 1. The monoisotopic (exact) mass is 213 g/mol. The van der Waals surface area contributed by atoms with Gasteiger partial charge < -0.3 is 11.1 Å². The Kier molecular flexibility index (Phi) is 3.23. The number of nitrogens with one attached hydrogen (secondary N) is 1. The van der Waals surface area contributed by atoms with Crippen LogP contribution in [0.2, 0.25) is 0 Å². The largest absolute Gasteiger partial charge is 0.349 e. The third kappa shape index (κ3) is 3.43. The predicted octanol–water partition coefficient (Wildman–Crippen LogP) is 0.919. The molecule has 0 saturated carbocycles. The van der Waals surface area contributed by atoms with E-state index in [1.165, 1.54) is 11.3 Å². The summed E-state index contributed by atoms with van der Waals surface area (Å²) in [4.78, 5) is 16.1. The number of thiazole rings is 1. The lowest BCUT2D eigenvalue weighted by molar-refractivity contribution is 0.0950. The van der Waals surface area contributed by atoms with Crippen molar-refractivity contribution in [2.45, 2.75) is 26.3 Å². The van der Waals surface area contributed by atoms with E-state index in [0.29, 0.717) is 11.4 Å². The van der Waals surface area contributed by atoms with E-state index in [-0.39, 0.29) is 11.4 Å². The summed E-state index contributed by atoms with van der Waals surface area (Å²) in [5, 5.41) is 3.65. The van der Waals surface area contributed by atoms with Crippen LogP contribution in [0.25, 0.3) is 0 Å². The molecule has 5 heteroatoms. The lowest BCUT2D eigenvalue weighted by atomic mass is 10.1. The van der Waals surface area contributed by atoms with Gasteiger partial charge in [-0.15, -0.1) is 11.3 Å². The number of aryl methyl sites for hydroxylation is 1. The van der Waals surface area contributed by atoms with Gasteiger partial charge in [0, 0.05) is 12.1 Å². The molecule has 0 aliphatic rings. The van der Waals surface area contributed by atoms with Gasteiger partial charge in [0.05, 0.1) is 11.2 Å². The SMILES string of the molecule is Cc1ncc(C(=O)NCC(C)(C)N)s1. The van der Waals surface area contributed by atoms with Crippen molar-refractivity contribution in [3.8, 4) is 0 Å². The van der Waals surface area contributed by atoms with E-state index in [4.69, 9.17) is 5.73 Å². The highest BCUT2D eigenvalue weighted by Gasteiger charge is 2.14. The van der Waals surface area contributed by atoms with Crippen LogP contribution in [0.5, 0.6) is 0 Å². The highest BCUT2D eigenvalue weighted by atomic mass is 32.1. The minimum atomic E-state index is -0.380. The van der Waals surface area contributed by atoms with Gasteiger partial charge in [0.1, 0.15) is 4.88 Å². The van der Waals surface area contributed by atoms with E-state index < -0.39 is 0 Å². The van der Waals surface area contributed by atoms with Gasteiger partial charge in [-0.1, -0.05) is 0 Å². The van der Waals surface area contributed by atoms with Crippen LogP contribution in [0, 0.1) is 6.92 Å². The second kappa shape index (κ2) is 4.06. The Balaban J connectivity index is 2.52. The summed E-state index contributed by atoms with van der Waals surface area (Å²) >= 11 is 1.38. The molecule has 0 atom stereocenters. The topological polar surface area (TPSA) is 68.0 Å². The number of aromatic nitrogens is 1. The van der Waals surface area contributed by atoms with E-state index in [1.807, 2.05) is 20.8 Å². The second-order valence-corrected chi connectivity index (χ2v) is 5.15. The zero-order chi connectivity index (χ0) is 10.8. The number of amides is 1. The van der Waals surface area contributed by atoms with E-state index in [2.05, 4.69) is 10.3 Å². The van der Waals surface area contributed by atoms with Gasteiger partial charge in [-0.05, 0) is 20.8 Å². The fourth-order valence-electron chi connectivity index (χ4n) is 0.862. The molecule has 0 fully saturated rings. The molecule has 0 spiro atoms. The van der Waals surface area contributed by atoms with Crippen molar-refractivity contribution in [1.29, 1.82) is 0 Å². The van der Waals surface area contributed by atoms with E-state index in [0.717, 1.165) is 5.01 Å². The van der Waals surface area contributed by atoms with Gasteiger partial charge >= 0.3 is 0 Å². The first kappa shape index (κ1) is 11.1. The molecule has 1 rings (SSSR count). The molecular formula is C9H15N3OS. The molecule has 0 aliphatic carbocycles. The van der Waals surface area contributed by atoms with Gasteiger partial charge in [0.2, 0.25) is 0 Å². The Morgan fingerprint density at radius 2 is 2.36 bits per heavy atom. The summed E-state index contributed by atoms with van der Waals surface area (Å²) in [6.45, 7) is 6.06. The normalized spacial score (nSPS) is 11.4. The molecule has 0 saturated heterocycles. The highest BCUT2D eigenvalue weighted by Crippen LogP contribution is 2.11. The van der Waals surface area contributed by atoms with Gasteiger partial charge in [-0.2, -0.15) is 0 Å². The molecule has 0 unspecified atom stereocenters. The number of hydrogen-bond acceptors (Lipinski definition) is 4. The standard InChI is InChI=1S/C9H15N3OS/c1-6-11-4-7(14-6)8(13)12-5-9(2,3)10/h4H,5,10H2,1-3H3,(H,12,13). The molecule has 1 amide bonds. The average Bonchev–Trinajstić information content (AvgIpc) is 2.46. The van der Waals surface area contributed by atoms with Crippen LogP contribution in [-0.2, 0) is 0 Å². The van der Waals surface area contributed by atoms with Crippen LogP contribution in [0.4, 0.5) is 0 Å². The van der Waals surface area contributed by atoms with Gasteiger partial charge in [-0.3, -0.25) is 4.79 Å². The lowest BCUT2D eigenvalue weighted by Crippen LogP contribution is -2.44. The smallest absolute Gasteiger partial charge is 0.263 e. The number of rotatable bonds is 3. The number of nitrogens with two attached hydrogens (primary N) is 1. The van der Waals surface area contributed by atoms with Crippen molar-refractivity contribution < 1.29 is 4.79 Å². The lowest BCUT2D eigenvalue weighted by Gasteiger charge is -2.18. The second-order valence-electron chi connectivity index (χ2n) is 3.91. The summed E-state index contributed by atoms with van der Waals surface area (Å²) in [6, 6.07) is 0. The average molecular weight is 213 g/mol. The molecule has 4 nitrogen and oxygen atoms in total. The molecule has 14 heavy (non-hydrogen) atoms.